The summed E-state index contributed by atoms with van der Waals surface area (Å²) in [6, 6.07) is 14.8. The molecule has 2 unspecified atom stereocenters. The summed E-state index contributed by atoms with van der Waals surface area (Å²) in [5.74, 6) is 2.27. The van der Waals surface area contributed by atoms with E-state index < -0.39 is 45.0 Å². The molecule has 0 saturated heterocycles. The van der Waals surface area contributed by atoms with Crippen LogP contribution < -0.4 is 9.47 Å². The van der Waals surface area contributed by atoms with Gasteiger partial charge in [0.2, 0.25) is 0 Å². The first-order chi connectivity index (χ1) is 21.6. The van der Waals surface area contributed by atoms with E-state index in [0.29, 0.717) is 24.7 Å². The normalized spacial score (nSPS) is 14.1. The highest BCUT2D eigenvalue weighted by Crippen LogP contribution is 2.73. The lowest BCUT2D eigenvalue weighted by Crippen LogP contribution is -2.23. The van der Waals surface area contributed by atoms with E-state index in [1.54, 1.807) is 69.6 Å². The molecule has 262 valence electrons. The molecular formula is C36H60O8P2. The predicted octanol–water partition coefficient (Wildman–Crippen LogP) is 11.1. The molecule has 0 spiro atoms. The van der Waals surface area contributed by atoms with Gasteiger partial charge in [0.1, 0.15) is 11.5 Å². The van der Waals surface area contributed by atoms with Crippen LogP contribution in [0, 0.1) is 0 Å². The average molecular weight is 683 g/mol. The summed E-state index contributed by atoms with van der Waals surface area (Å²) in [6.07, 6.45) is 1.70. The van der Waals surface area contributed by atoms with E-state index in [1.807, 2.05) is 18.2 Å². The number of hydrogen-bond donors (Lipinski definition) is 0. The molecule has 2 rings (SSSR count). The third-order valence-electron chi connectivity index (χ3n) is 7.71. The van der Waals surface area contributed by atoms with Gasteiger partial charge in [-0.1, -0.05) is 38.1 Å². The van der Waals surface area contributed by atoms with E-state index in [4.69, 9.17) is 27.6 Å². The highest BCUT2D eigenvalue weighted by atomic mass is 31.2. The zero-order chi connectivity index (χ0) is 34.7. The van der Waals surface area contributed by atoms with Crippen molar-refractivity contribution in [1.82, 2.24) is 0 Å². The van der Waals surface area contributed by atoms with Crippen molar-refractivity contribution < 1.29 is 36.7 Å². The van der Waals surface area contributed by atoms with Gasteiger partial charge in [0.15, 0.2) is 5.40 Å². The fourth-order valence-electron chi connectivity index (χ4n) is 6.05. The van der Waals surface area contributed by atoms with Crippen LogP contribution in [0.1, 0.15) is 123 Å². The van der Waals surface area contributed by atoms with Crippen molar-refractivity contribution in [3.8, 4) is 11.5 Å². The fraction of sp³-hybridized carbons (Fsp3) is 0.667. The Kier molecular flexibility index (Phi) is 16.5. The number of benzene rings is 2. The largest absolute Gasteiger partial charge is 0.497 e. The van der Waals surface area contributed by atoms with E-state index >= 15 is 0 Å². The molecule has 0 heterocycles. The minimum absolute atomic E-state index is 0.251. The minimum Gasteiger partial charge on any atom is -0.497 e. The van der Waals surface area contributed by atoms with Crippen molar-refractivity contribution >= 4 is 15.2 Å². The Morgan fingerprint density at radius 1 is 0.609 bits per heavy atom. The Morgan fingerprint density at radius 2 is 1.04 bits per heavy atom. The van der Waals surface area contributed by atoms with E-state index in [1.165, 1.54) is 11.1 Å². The van der Waals surface area contributed by atoms with Gasteiger partial charge in [-0.05, 0) is 134 Å². The fourth-order valence-corrected chi connectivity index (χ4v) is 12.1. The van der Waals surface area contributed by atoms with Gasteiger partial charge in [-0.3, -0.25) is 9.13 Å². The standard InChI is InChI=1S/C36H60O8P2/c1-13-33(29-18-21-32(39-11)22-19-29)34(14-2)30-20-23-35(40-12)31(24-30)16-15-17-36(45(37,41-25(3)4)42-26(5)6)46(38,43-27(7)8)44-28(9)10/h18-28,33-34,36H,13-17H2,1-12H3. The minimum atomic E-state index is -3.96. The van der Waals surface area contributed by atoms with Crippen LogP contribution in [-0.2, 0) is 33.6 Å². The monoisotopic (exact) mass is 682 g/mol. The van der Waals surface area contributed by atoms with Gasteiger partial charge < -0.3 is 27.6 Å². The second kappa shape index (κ2) is 18.8. The maximum atomic E-state index is 14.6. The summed E-state index contributed by atoms with van der Waals surface area (Å²) >= 11 is 0. The van der Waals surface area contributed by atoms with Crippen molar-refractivity contribution in [2.45, 2.75) is 143 Å². The van der Waals surface area contributed by atoms with Gasteiger partial charge in [0.25, 0.3) is 0 Å². The van der Waals surface area contributed by atoms with Crippen molar-refractivity contribution in [1.29, 1.82) is 0 Å². The third-order valence-corrected chi connectivity index (χ3v) is 14.2. The zero-order valence-corrected chi connectivity index (χ0v) is 32.1. The van der Waals surface area contributed by atoms with Crippen LogP contribution >= 0.6 is 15.2 Å². The predicted molar refractivity (Wildman–Crippen MR) is 189 cm³/mol. The van der Waals surface area contributed by atoms with Crippen LogP contribution in [0.5, 0.6) is 11.5 Å². The van der Waals surface area contributed by atoms with Gasteiger partial charge in [0, 0.05) is 0 Å². The van der Waals surface area contributed by atoms with Gasteiger partial charge in [-0.25, -0.2) is 0 Å². The van der Waals surface area contributed by atoms with Crippen LogP contribution in [0.15, 0.2) is 42.5 Å². The van der Waals surface area contributed by atoms with E-state index in [9.17, 15) is 9.13 Å². The van der Waals surface area contributed by atoms with Crippen molar-refractivity contribution in [2.75, 3.05) is 14.2 Å². The summed E-state index contributed by atoms with van der Waals surface area (Å²) in [5.41, 5.74) is 3.56. The van der Waals surface area contributed by atoms with E-state index in [2.05, 4.69) is 38.1 Å². The number of rotatable bonds is 21. The highest BCUT2D eigenvalue weighted by Gasteiger charge is 2.52. The maximum absolute atomic E-state index is 14.6. The molecule has 0 N–H and O–H groups in total. The topological polar surface area (TPSA) is 89.5 Å². The molecule has 0 aliphatic carbocycles. The molecule has 0 aliphatic rings. The molecule has 0 radical (unpaired) electrons. The van der Waals surface area contributed by atoms with Gasteiger partial charge in [-0.15, -0.1) is 0 Å². The summed E-state index contributed by atoms with van der Waals surface area (Å²) in [7, 11) is -4.56. The summed E-state index contributed by atoms with van der Waals surface area (Å²) in [5, 5.41) is -1.09. The number of hydrogen-bond acceptors (Lipinski definition) is 8. The molecule has 2 aromatic rings. The smallest absolute Gasteiger partial charge is 0.346 e. The summed E-state index contributed by atoms with van der Waals surface area (Å²) in [4.78, 5) is 0. The first-order valence-corrected chi connectivity index (χ1v) is 20.1. The molecule has 2 atom stereocenters. The number of ether oxygens (including phenoxy) is 2. The van der Waals surface area contributed by atoms with Gasteiger partial charge in [-0.2, -0.15) is 0 Å². The SMILES string of the molecule is CCC(c1ccc(OC)cc1)C(CC)c1ccc(OC)c(CCCC(P(=O)(OC(C)C)OC(C)C)P(=O)(OC(C)C)OC(C)C)c1. The Hall–Kier alpha value is -1.66. The zero-order valence-electron chi connectivity index (χ0n) is 30.3. The molecule has 10 heteroatoms. The Morgan fingerprint density at radius 3 is 1.43 bits per heavy atom. The second-order valence-corrected chi connectivity index (χ2v) is 17.6. The molecular weight excluding hydrogens is 622 g/mol. The Balaban J connectivity index is 2.50. The average Bonchev–Trinajstić information content (AvgIpc) is 2.96. The third kappa shape index (κ3) is 11.5. The van der Waals surface area contributed by atoms with E-state index in [0.717, 1.165) is 29.9 Å². The first-order valence-electron chi connectivity index (χ1n) is 16.9. The Bertz CT molecular complexity index is 1210. The Labute approximate surface area is 279 Å². The second-order valence-electron chi connectivity index (χ2n) is 12.9. The molecule has 0 fully saturated rings. The molecule has 0 bridgehead atoms. The highest BCUT2D eigenvalue weighted by molar-refractivity contribution is 7.72. The van der Waals surface area contributed by atoms with Gasteiger partial charge >= 0.3 is 15.2 Å². The summed E-state index contributed by atoms with van der Waals surface area (Å²) in [6.45, 7) is 18.8. The van der Waals surface area contributed by atoms with Gasteiger partial charge in [0.05, 0.1) is 38.6 Å². The van der Waals surface area contributed by atoms with Crippen LogP contribution in [0.25, 0.3) is 0 Å². The molecule has 8 nitrogen and oxygen atoms in total. The van der Waals surface area contributed by atoms with Crippen LogP contribution in [0.3, 0.4) is 0 Å². The first kappa shape index (κ1) is 40.5. The molecule has 46 heavy (non-hydrogen) atoms. The molecule has 0 saturated carbocycles. The molecule has 0 aliphatic heterocycles. The van der Waals surface area contributed by atoms with Crippen molar-refractivity contribution in [3.05, 3.63) is 59.2 Å². The van der Waals surface area contributed by atoms with Crippen LogP contribution in [-0.4, -0.2) is 44.0 Å². The van der Waals surface area contributed by atoms with Crippen LogP contribution in [0.4, 0.5) is 0 Å². The number of aryl methyl sites for hydroxylation is 1. The lowest BCUT2D eigenvalue weighted by molar-refractivity contribution is 0.121. The summed E-state index contributed by atoms with van der Waals surface area (Å²) < 4.78 is 64.3. The quantitative estimate of drug-likeness (QED) is 0.120. The van der Waals surface area contributed by atoms with Crippen molar-refractivity contribution in [3.63, 3.8) is 0 Å². The van der Waals surface area contributed by atoms with Crippen LogP contribution in [0.2, 0.25) is 0 Å². The van der Waals surface area contributed by atoms with E-state index in [-0.39, 0.29) is 6.42 Å². The molecule has 0 amide bonds. The lowest BCUT2D eigenvalue weighted by Gasteiger charge is -2.35. The number of methoxy groups -OCH3 is 2. The maximum Gasteiger partial charge on any atom is 0.346 e. The van der Waals surface area contributed by atoms with Crippen molar-refractivity contribution in [2.24, 2.45) is 0 Å². The molecule has 0 aromatic heterocycles. The molecule has 2 aromatic carbocycles. The lowest BCUT2D eigenvalue weighted by atomic mass is 9.78.